The Kier molecular flexibility index (Phi) is 3.60. The third-order valence-electron chi connectivity index (χ3n) is 2.03. The van der Waals surface area contributed by atoms with E-state index in [4.69, 9.17) is 10.5 Å². The van der Waals surface area contributed by atoms with Crippen molar-refractivity contribution in [3.8, 4) is 5.75 Å². The molecule has 1 amide bonds. The molecule has 0 bridgehead atoms. The fourth-order valence-electron chi connectivity index (χ4n) is 1.13. The van der Waals surface area contributed by atoms with Crippen LogP contribution in [0.4, 0.5) is 4.39 Å². The molecule has 1 rings (SSSR count). The molecule has 4 nitrogen and oxygen atoms in total. The number of benzene rings is 1. The number of nitrogens with two attached hydrogens (primary N) is 1. The Morgan fingerprint density at radius 2 is 2.06 bits per heavy atom. The SMILES string of the molecule is CC(=O)c1cc(F)ccc1OC(C)C(N)=O. The number of Topliss-reactive ketones (excluding diaryl/α,β-unsaturated/α-hetero) is 1. The summed E-state index contributed by atoms with van der Waals surface area (Å²) in [4.78, 5) is 22.0. The first kappa shape index (κ1) is 12.2. The van der Waals surface area contributed by atoms with Crippen LogP contribution in [0, 0.1) is 5.82 Å². The second kappa shape index (κ2) is 4.74. The Hall–Kier alpha value is -1.91. The molecular weight excluding hydrogens is 213 g/mol. The lowest BCUT2D eigenvalue weighted by molar-refractivity contribution is -0.124. The molecule has 86 valence electrons. The van der Waals surface area contributed by atoms with Crippen LogP contribution in [0.2, 0.25) is 0 Å². The molecule has 1 atom stereocenters. The van der Waals surface area contributed by atoms with Gasteiger partial charge < -0.3 is 10.5 Å². The monoisotopic (exact) mass is 225 g/mol. The first-order valence-electron chi connectivity index (χ1n) is 4.68. The van der Waals surface area contributed by atoms with Crippen LogP contribution in [0.25, 0.3) is 0 Å². The van der Waals surface area contributed by atoms with Gasteiger partial charge in [-0.15, -0.1) is 0 Å². The van der Waals surface area contributed by atoms with Crippen molar-refractivity contribution in [2.24, 2.45) is 5.73 Å². The molecule has 1 aromatic rings. The fraction of sp³-hybridized carbons (Fsp3) is 0.273. The highest BCUT2D eigenvalue weighted by atomic mass is 19.1. The first-order chi connectivity index (χ1) is 7.41. The van der Waals surface area contributed by atoms with Gasteiger partial charge in [0.25, 0.3) is 5.91 Å². The summed E-state index contributed by atoms with van der Waals surface area (Å²) in [5.41, 5.74) is 5.11. The predicted octanol–water partition coefficient (Wildman–Crippen LogP) is 1.28. The van der Waals surface area contributed by atoms with E-state index in [1.165, 1.54) is 19.9 Å². The van der Waals surface area contributed by atoms with Crippen LogP contribution in [-0.2, 0) is 4.79 Å². The van der Waals surface area contributed by atoms with Gasteiger partial charge in [-0.1, -0.05) is 0 Å². The number of ketones is 1. The van der Waals surface area contributed by atoms with Gasteiger partial charge in [-0.2, -0.15) is 0 Å². The molecule has 0 heterocycles. The van der Waals surface area contributed by atoms with Crippen LogP contribution < -0.4 is 10.5 Å². The molecule has 0 saturated heterocycles. The number of rotatable bonds is 4. The lowest BCUT2D eigenvalue weighted by Crippen LogP contribution is -2.31. The van der Waals surface area contributed by atoms with Crippen molar-refractivity contribution in [2.45, 2.75) is 20.0 Å². The van der Waals surface area contributed by atoms with Gasteiger partial charge in [-0.3, -0.25) is 9.59 Å². The molecule has 2 N–H and O–H groups in total. The molecule has 5 heteroatoms. The van der Waals surface area contributed by atoms with E-state index in [0.29, 0.717) is 0 Å². The van der Waals surface area contributed by atoms with E-state index in [1.54, 1.807) is 0 Å². The maximum atomic E-state index is 12.9. The predicted molar refractivity (Wildman–Crippen MR) is 55.7 cm³/mol. The van der Waals surface area contributed by atoms with Gasteiger partial charge in [0.1, 0.15) is 11.6 Å². The number of halogens is 1. The zero-order valence-corrected chi connectivity index (χ0v) is 8.99. The molecule has 1 unspecified atom stereocenters. The maximum Gasteiger partial charge on any atom is 0.258 e. The van der Waals surface area contributed by atoms with E-state index in [-0.39, 0.29) is 17.1 Å². The molecule has 0 radical (unpaired) electrons. The Morgan fingerprint density at radius 1 is 1.44 bits per heavy atom. The smallest absolute Gasteiger partial charge is 0.258 e. The average molecular weight is 225 g/mol. The van der Waals surface area contributed by atoms with E-state index in [1.807, 2.05) is 0 Å². The highest BCUT2D eigenvalue weighted by Gasteiger charge is 2.15. The number of carbonyl (C=O) groups excluding carboxylic acids is 2. The lowest BCUT2D eigenvalue weighted by atomic mass is 10.1. The highest BCUT2D eigenvalue weighted by molar-refractivity contribution is 5.97. The van der Waals surface area contributed by atoms with Gasteiger partial charge in [0, 0.05) is 0 Å². The second-order valence-electron chi connectivity index (χ2n) is 3.36. The summed E-state index contributed by atoms with van der Waals surface area (Å²) in [7, 11) is 0. The zero-order valence-electron chi connectivity index (χ0n) is 8.99. The number of primary amides is 1. The normalized spacial score (nSPS) is 11.9. The standard InChI is InChI=1S/C11H12FNO3/c1-6(14)9-5-8(12)3-4-10(9)16-7(2)11(13)15/h3-5,7H,1-2H3,(H2,13,15). The minimum Gasteiger partial charge on any atom is -0.480 e. The quantitative estimate of drug-likeness (QED) is 0.785. The summed E-state index contributed by atoms with van der Waals surface area (Å²) in [5.74, 6) is -1.38. The average Bonchev–Trinajstić information content (AvgIpc) is 2.20. The molecule has 16 heavy (non-hydrogen) atoms. The summed E-state index contributed by atoms with van der Waals surface area (Å²) in [6.45, 7) is 2.74. The molecule has 0 aliphatic heterocycles. The molecule has 0 aliphatic carbocycles. The number of hydrogen-bond acceptors (Lipinski definition) is 3. The molecule has 1 aromatic carbocycles. The maximum absolute atomic E-state index is 12.9. The summed E-state index contributed by atoms with van der Waals surface area (Å²) < 4.78 is 18.1. The zero-order chi connectivity index (χ0) is 12.3. The molecule has 0 aromatic heterocycles. The van der Waals surface area contributed by atoms with Crippen molar-refractivity contribution in [1.29, 1.82) is 0 Å². The summed E-state index contributed by atoms with van der Waals surface area (Å²) >= 11 is 0. The number of ether oxygens (including phenoxy) is 1. The second-order valence-corrected chi connectivity index (χ2v) is 3.36. The topological polar surface area (TPSA) is 69.4 Å². The van der Waals surface area contributed by atoms with Crippen molar-refractivity contribution in [3.05, 3.63) is 29.6 Å². The van der Waals surface area contributed by atoms with E-state index in [0.717, 1.165) is 12.1 Å². The van der Waals surface area contributed by atoms with Crippen LogP contribution >= 0.6 is 0 Å². The van der Waals surface area contributed by atoms with Crippen LogP contribution in [0.1, 0.15) is 24.2 Å². The number of carbonyl (C=O) groups is 2. The minimum atomic E-state index is -0.872. The van der Waals surface area contributed by atoms with E-state index < -0.39 is 17.8 Å². The minimum absolute atomic E-state index is 0.0908. The van der Waals surface area contributed by atoms with Gasteiger partial charge in [0.2, 0.25) is 0 Å². The summed E-state index contributed by atoms with van der Waals surface area (Å²) in [6.07, 6.45) is -0.872. The number of hydrogen-bond donors (Lipinski definition) is 1. The summed E-state index contributed by atoms with van der Waals surface area (Å²) in [6, 6.07) is 3.51. The molecule has 0 fully saturated rings. The first-order valence-corrected chi connectivity index (χ1v) is 4.68. The van der Waals surface area contributed by atoms with Gasteiger partial charge in [0.05, 0.1) is 5.56 Å². The van der Waals surface area contributed by atoms with Crippen molar-refractivity contribution >= 4 is 11.7 Å². The van der Waals surface area contributed by atoms with E-state index in [2.05, 4.69) is 0 Å². The van der Waals surface area contributed by atoms with Gasteiger partial charge in [-0.05, 0) is 32.0 Å². The lowest BCUT2D eigenvalue weighted by Gasteiger charge is -2.13. The van der Waals surface area contributed by atoms with Gasteiger partial charge >= 0.3 is 0 Å². The largest absolute Gasteiger partial charge is 0.480 e. The van der Waals surface area contributed by atoms with E-state index >= 15 is 0 Å². The third kappa shape index (κ3) is 2.79. The molecule has 0 aliphatic rings. The van der Waals surface area contributed by atoms with E-state index in [9.17, 15) is 14.0 Å². The van der Waals surface area contributed by atoms with Crippen LogP contribution in [0.15, 0.2) is 18.2 Å². The Labute approximate surface area is 92.2 Å². The Bertz CT molecular complexity index is 431. The molecular formula is C11H12FNO3. The summed E-state index contributed by atoms with van der Waals surface area (Å²) in [5, 5.41) is 0. The van der Waals surface area contributed by atoms with Gasteiger partial charge in [0.15, 0.2) is 11.9 Å². The van der Waals surface area contributed by atoms with Crippen molar-refractivity contribution in [3.63, 3.8) is 0 Å². The van der Waals surface area contributed by atoms with Crippen molar-refractivity contribution in [1.82, 2.24) is 0 Å². The fourth-order valence-corrected chi connectivity index (χ4v) is 1.13. The van der Waals surface area contributed by atoms with Crippen LogP contribution in [0.3, 0.4) is 0 Å². The van der Waals surface area contributed by atoms with Crippen molar-refractivity contribution in [2.75, 3.05) is 0 Å². The highest BCUT2D eigenvalue weighted by Crippen LogP contribution is 2.21. The van der Waals surface area contributed by atoms with Gasteiger partial charge in [-0.25, -0.2) is 4.39 Å². The van der Waals surface area contributed by atoms with Crippen LogP contribution in [0.5, 0.6) is 5.75 Å². The Balaban J connectivity index is 3.04. The number of amides is 1. The Morgan fingerprint density at radius 3 is 2.56 bits per heavy atom. The van der Waals surface area contributed by atoms with Crippen molar-refractivity contribution < 1.29 is 18.7 Å². The van der Waals surface area contributed by atoms with Crippen LogP contribution in [-0.4, -0.2) is 17.8 Å². The third-order valence-corrected chi connectivity index (χ3v) is 2.03. The molecule has 0 saturated carbocycles. The molecule has 0 spiro atoms.